The molecule has 0 bridgehead atoms. The Morgan fingerprint density at radius 3 is 2.68 bits per heavy atom. The predicted molar refractivity (Wildman–Crippen MR) is 85.3 cm³/mol. The van der Waals surface area contributed by atoms with E-state index in [1.54, 1.807) is 38.6 Å². The van der Waals surface area contributed by atoms with Crippen molar-refractivity contribution in [1.82, 2.24) is 9.97 Å². The van der Waals surface area contributed by atoms with E-state index in [9.17, 15) is 0 Å². The van der Waals surface area contributed by atoms with Crippen LogP contribution in [0.1, 0.15) is 11.5 Å². The SMILES string of the molecule is COc1ccc(NC(N)=NCc2ccnc(C)n2)cc1OC. The second kappa shape index (κ2) is 7.26. The molecule has 0 unspecified atom stereocenters. The maximum absolute atomic E-state index is 5.88. The molecule has 0 amide bonds. The fourth-order valence-corrected chi connectivity index (χ4v) is 1.86. The maximum atomic E-state index is 5.88. The van der Waals surface area contributed by atoms with E-state index in [0.29, 0.717) is 29.8 Å². The summed E-state index contributed by atoms with van der Waals surface area (Å²) in [6.45, 7) is 2.22. The van der Waals surface area contributed by atoms with E-state index in [2.05, 4.69) is 20.3 Å². The highest BCUT2D eigenvalue weighted by molar-refractivity contribution is 5.92. The number of aliphatic imine (C=N–C) groups is 1. The van der Waals surface area contributed by atoms with Gasteiger partial charge in [0.2, 0.25) is 0 Å². The number of benzene rings is 1. The highest BCUT2D eigenvalue weighted by Gasteiger charge is 2.05. The van der Waals surface area contributed by atoms with E-state index in [-0.39, 0.29) is 0 Å². The summed E-state index contributed by atoms with van der Waals surface area (Å²) in [5.41, 5.74) is 7.45. The highest BCUT2D eigenvalue weighted by Crippen LogP contribution is 2.29. The standard InChI is InChI=1S/C15H19N5O2/c1-10-17-7-6-12(19-10)9-18-15(16)20-11-4-5-13(21-2)14(8-11)22-3/h4-8H,9H2,1-3H3,(H3,16,18,20). The third-order valence-corrected chi connectivity index (χ3v) is 2.90. The molecule has 0 saturated heterocycles. The molecule has 1 aromatic heterocycles. The Kier molecular flexibility index (Phi) is 5.13. The minimum atomic E-state index is 0.295. The molecule has 116 valence electrons. The van der Waals surface area contributed by atoms with Crippen LogP contribution in [-0.4, -0.2) is 30.1 Å². The van der Waals surface area contributed by atoms with Gasteiger partial charge in [-0.25, -0.2) is 15.0 Å². The third-order valence-electron chi connectivity index (χ3n) is 2.90. The largest absolute Gasteiger partial charge is 0.493 e. The topological polar surface area (TPSA) is 94.7 Å². The Hall–Kier alpha value is -2.83. The van der Waals surface area contributed by atoms with Gasteiger partial charge in [0.1, 0.15) is 5.82 Å². The predicted octanol–water partition coefficient (Wildman–Crippen LogP) is 1.73. The van der Waals surface area contributed by atoms with Crippen LogP contribution in [0.2, 0.25) is 0 Å². The van der Waals surface area contributed by atoms with E-state index < -0.39 is 0 Å². The van der Waals surface area contributed by atoms with Crippen LogP contribution >= 0.6 is 0 Å². The average Bonchev–Trinajstić information content (AvgIpc) is 2.53. The number of guanidine groups is 1. The van der Waals surface area contributed by atoms with Crippen molar-refractivity contribution in [3.05, 3.63) is 42.0 Å². The van der Waals surface area contributed by atoms with Gasteiger partial charge in [0.15, 0.2) is 17.5 Å². The first-order chi connectivity index (χ1) is 10.6. The summed E-state index contributed by atoms with van der Waals surface area (Å²) < 4.78 is 10.4. The monoisotopic (exact) mass is 301 g/mol. The number of nitrogens with one attached hydrogen (secondary N) is 1. The van der Waals surface area contributed by atoms with Crippen LogP contribution in [0.3, 0.4) is 0 Å². The number of anilines is 1. The fraction of sp³-hybridized carbons (Fsp3) is 0.267. The van der Waals surface area contributed by atoms with Crippen molar-refractivity contribution in [1.29, 1.82) is 0 Å². The zero-order chi connectivity index (χ0) is 15.9. The molecule has 0 aliphatic carbocycles. The van der Waals surface area contributed by atoms with Crippen LogP contribution < -0.4 is 20.5 Å². The van der Waals surface area contributed by atoms with Gasteiger partial charge in [-0.3, -0.25) is 0 Å². The highest BCUT2D eigenvalue weighted by atomic mass is 16.5. The molecule has 2 aromatic rings. The van der Waals surface area contributed by atoms with Crippen molar-refractivity contribution in [3.8, 4) is 11.5 Å². The van der Waals surface area contributed by atoms with E-state index in [1.165, 1.54) is 0 Å². The van der Waals surface area contributed by atoms with Gasteiger partial charge in [-0.05, 0) is 25.1 Å². The van der Waals surface area contributed by atoms with Gasteiger partial charge in [0.25, 0.3) is 0 Å². The molecular weight excluding hydrogens is 282 g/mol. The lowest BCUT2D eigenvalue weighted by atomic mass is 10.3. The Bertz CT molecular complexity index is 673. The Morgan fingerprint density at radius 2 is 2.00 bits per heavy atom. The van der Waals surface area contributed by atoms with Crippen molar-refractivity contribution in [3.63, 3.8) is 0 Å². The normalized spacial score (nSPS) is 11.1. The van der Waals surface area contributed by atoms with Crippen LogP contribution in [0.25, 0.3) is 0 Å². The summed E-state index contributed by atoms with van der Waals surface area (Å²) in [7, 11) is 3.17. The second-order valence-electron chi connectivity index (χ2n) is 4.49. The van der Waals surface area contributed by atoms with E-state index in [0.717, 1.165) is 11.4 Å². The molecule has 0 atom stereocenters. The maximum Gasteiger partial charge on any atom is 0.193 e. The number of aromatic nitrogens is 2. The average molecular weight is 301 g/mol. The van der Waals surface area contributed by atoms with Gasteiger partial charge >= 0.3 is 0 Å². The number of rotatable bonds is 5. The zero-order valence-electron chi connectivity index (χ0n) is 12.8. The number of methoxy groups -OCH3 is 2. The van der Waals surface area contributed by atoms with Crippen LogP contribution in [-0.2, 0) is 6.54 Å². The van der Waals surface area contributed by atoms with Crippen molar-refractivity contribution in [2.75, 3.05) is 19.5 Å². The smallest absolute Gasteiger partial charge is 0.193 e. The molecule has 3 N–H and O–H groups in total. The summed E-state index contributed by atoms with van der Waals surface area (Å²) in [6.07, 6.45) is 1.70. The molecule has 0 spiro atoms. The molecular formula is C15H19N5O2. The molecule has 1 heterocycles. The van der Waals surface area contributed by atoms with Gasteiger partial charge in [-0.15, -0.1) is 0 Å². The molecule has 0 saturated carbocycles. The third kappa shape index (κ3) is 4.08. The van der Waals surface area contributed by atoms with Gasteiger partial charge in [-0.2, -0.15) is 0 Å². The quantitative estimate of drug-likeness (QED) is 0.645. The second-order valence-corrected chi connectivity index (χ2v) is 4.49. The summed E-state index contributed by atoms with van der Waals surface area (Å²) in [5.74, 6) is 2.27. The number of aryl methyl sites for hydroxylation is 1. The van der Waals surface area contributed by atoms with Gasteiger partial charge in [-0.1, -0.05) is 0 Å². The number of hydrogen-bond donors (Lipinski definition) is 2. The van der Waals surface area contributed by atoms with Gasteiger partial charge < -0.3 is 20.5 Å². The summed E-state index contributed by atoms with van der Waals surface area (Å²) >= 11 is 0. The zero-order valence-corrected chi connectivity index (χ0v) is 12.8. The van der Waals surface area contributed by atoms with E-state index in [4.69, 9.17) is 15.2 Å². The summed E-state index contributed by atoms with van der Waals surface area (Å²) in [6, 6.07) is 7.22. The lowest BCUT2D eigenvalue weighted by molar-refractivity contribution is 0.355. The number of ether oxygens (including phenoxy) is 2. The Balaban J connectivity index is 2.05. The lowest BCUT2D eigenvalue weighted by Gasteiger charge is -2.10. The Labute approximate surface area is 129 Å². The van der Waals surface area contributed by atoms with Crippen molar-refractivity contribution in [2.24, 2.45) is 10.7 Å². The molecule has 7 nitrogen and oxygen atoms in total. The number of hydrogen-bond acceptors (Lipinski definition) is 5. The van der Waals surface area contributed by atoms with E-state index >= 15 is 0 Å². The van der Waals surface area contributed by atoms with Crippen molar-refractivity contribution in [2.45, 2.75) is 13.5 Å². The molecule has 2 rings (SSSR count). The minimum Gasteiger partial charge on any atom is -0.493 e. The minimum absolute atomic E-state index is 0.295. The fourth-order valence-electron chi connectivity index (χ4n) is 1.86. The lowest BCUT2D eigenvalue weighted by Crippen LogP contribution is -2.22. The van der Waals surface area contributed by atoms with Crippen molar-refractivity contribution < 1.29 is 9.47 Å². The van der Waals surface area contributed by atoms with Crippen LogP contribution in [0.4, 0.5) is 5.69 Å². The van der Waals surface area contributed by atoms with Gasteiger partial charge in [0, 0.05) is 18.0 Å². The molecule has 7 heteroatoms. The van der Waals surface area contributed by atoms with Crippen LogP contribution in [0.15, 0.2) is 35.5 Å². The molecule has 0 fully saturated rings. The number of nitrogens with two attached hydrogens (primary N) is 1. The van der Waals surface area contributed by atoms with Crippen LogP contribution in [0.5, 0.6) is 11.5 Å². The number of nitrogens with zero attached hydrogens (tertiary/aromatic N) is 3. The molecule has 0 aliphatic rings. The molecule has 0 radical (unpaired) electrons. The molecule has 1 aromatic carbocycles. The molecule has 0 aliphatic heterocycles. The van der Waals surface area contributed by atoms with Crippen LogP contribution in [0, 0.1) is 6.92 Å². The summed E-state index contributed by atoms with van der Waals surface area (Å²) in [4.78, 5) is 12.6. The Morgan fingerprint density at radius 1 is 1.23 bits per heavy atom. The molecule has 22 heavy (non-hydrogen) atoms. The first kappa shape index (κ1) is 15.6. The van der Waals surface area contributed by atoms with Crippen molar-refractivity contribution >= 4 is 11.6 Å². The van der Waals surface area contributed by atoms with E-state index in [1.807, 2.05) is 13.0 Å². The first-order valence-electron chi connectivity index (χ1n) is 6.70. The first-order valence-corrected chi connectivity index (χ1v) is 6.70. The summed E-state index contributed by atoms with van der Waals surface area (Å²) in [5, 5.41) is 3.00. The van der Waals surface area contributed by atoms with Gasteiger partial charge in [0.05, 0.1) is 26.5 Å².